The minimum absolute atomic E-state index is 0.128. The molecule has 1 unspecified atom stereocenters. The van der Waals surface area contributed by atoms with Gasteiger partial charge in [-0.05, 0) is 31.9 Å². The van der Waals surface area contributed by atoms with E-state index in [-0.39, 0.29) is 30.5 Å². The average Bonchev–Trinajstić information content (AvgIpc) is 2.62. The first-order chi connectivity index (χ1) is 11.9. The largest absolute Gasteiger partial charge is 0.465 e. The van der Waals surface area contributed by atoms with Crippen LogP contribution < -0.4 is 0 Å². The van der Waals surface area contributed by atoms with Crippen molar-refractivity contribution >= 4 is 21.9 Å². The van der Waals surface area contributed by atoms with Crippen molar-refractivity contribution in [1.29, 1.82) is 0 Å². The summed E-state index contributed by atoms with van der Waals surface area (Å²) >= 11 is 0. The number of likely N-dealkylation sites (N-methyl/N-ethyl adjacent to an activating group) is 1. The molecule has 1 atom stereocenters. The molecule has 1 heterocycles. The number of esters is 1. The Kier molecular flexibility index (Phi) is 6.55. The summed E-state index contributed by atoms with van der Waals surface area (Å²) in [6, 6.07) is 8.20. The SMILES string of the molecule is CCOC(=O)CN(C)C(=O)C1CCCN(S(=O)(=O)c2ccccc2)C1. The maximum Gasteiger partial charge on any atom is 0.325 e. The number of ether oxygens (including phenoxy) is 1. The summed E-state index contributed by atoms with van der Waals surface area (Å²) in [7, 11) is -2.08. The molecule has 1 saturated heterocycles. The van der Waals surface area contributed by atoms with Crippen molar-refractivity contribution in [3.05, 3.63) is 30.3 Å². The number of benzene rings is 1. The molecule has 1 amide bonds. The van der Waals surface area contributed by atoms with Gasteiger partial charge in [0, 0.05) is 20.1 Å². The first-order valence-corrected chi connectivity index (χ1v) is 9.76. The van der Waals surface area contributed by atoms with Crippen LogP contribution in [0.2, 0.25) is 0 Å². The zero-order chi connectivity index (χ0) is 18.4. The zero-order valence-electron chi connectivity index (χ0n) is 14.6. The molecule has 138 valence electrons. The highest BCUT2D eigenvalue weighted by Gasteiger charge is 2.34. The number of piperidine rings is 1. The molecule has 0 aromatic heterocycles. The fourth-order valence-electron chi connectivity index (χ4n) is 2.89. The van der Waals surface area contributed by atoms with E-state index in [9.17, 15) is 18.0 Å². The van der Waals surface area contributed by atoms with Gasteiger partial charge < -0.3 is 9.64 Å². The summed E-state index contributed by atoms with van der Waals surface area (Å²) in [6.07, 6.45) is 1.21. The van der Waals surface area contributed by atoms with E-state index in [1.807, 2.05) is 0 Å². The summed E-state index contributed by atoms with van der Waals surface area (Å²) in [5, 5.41) is 0. The summed E-state index contributed by atoms with van der Waals surface area (Å²) in [6.45, 7) is 2.35. The van der Waals surface area contributed by atoms with Crippen LogP contribution in [0.1, 0.15) is 19.8 Å². The van der Waals surface area contributed by atoms with Gasteiger partial charge in [-0.3, -0.25) is 9.59 Å². The van der Waals surface area contributed by atoms with Crippen LogP contribution in [0.4, 0.5) is 0 Å². The first kappa shape index (κ1) is 19.4. The fraction of sp³-hybridized carbons (Fsp3) is 0.529. The van der Waals surface area contributed by atoms with Crippen LogP contribution >= 0.6 is 0 Å². The van der Waals surface area contributed by atoms with Gasteiger partial charge >= 0.3 is 5.97 Å². The molecule has 1 aromatic rings. The van der Waals surface area contributed by atoms with Gasteiger partial charge in [-0.2, -0.15) is 4.31 Å². The standard InChI is InChI=1S/C17H24N2O5S/c1-3-24-16(20)13-18(2)17(21)14-8-7-11-19(12-14)25(22,23)15-9-5-4-6-10-15/h4-6,9-10,14H,3,7-8,11-13H2,1-2H3. The van der Waals surface area contributed by atoms with Gasteiger partial charge in [0.25, 0.3) is 0 Å². The van der Waals surface area contributed by atoms with E-state index in [2.05, 4.69) is 0 Å². The molecule has 0 bridgehead atoms. The van der Waals surface area contributed by atoms with Gasteiger partial charge in [0.1, 0.15) is 6.54 Å². The Morgan fingerprint density at radius 3 is 2.60 bits per heavy atom. The number of hydrogen-bond donors (Lipinski definition) is 0. The highest BCUT2D eigenvalue weighted by atomic mass is 32.2. The molecule has 0 N–H and O–H groups in total. The van der Waals surface area contributed by atoms with Gasteiger partial charge in [-0.25, -0.2) is 8.42 Å². The predicted molar refractivity (Wildman–Crippen MR) is 92.2 cm³/mol. The van der Waals surface area contributed by atoms with E-state index < -0.39 is 21.9 Å². The predicted octanol–water partition coefficient (Wildman–Crippen LogP) is 1.11. The minimum atomic E-state index is -3.61. The van der Waals surface area contributed by atoms with E-state index in [1.165, 1.54) is 16.3 Å². The molecular weight excluding hydrogens is 344 g/mol. The number of carbonyl (C=O) groups excluding carboxylic acids is 2. The lowest BCUT2D eigenvalue weighted by Gasteiger charge is -2.33. The smallest absolute Gasteiger partial charge is 0.325 e. The number of rotatable bonds is 6. The molecule has 0 spiro atoms. The van der Waals surface area contributed by atoms with Crippen LogP contribution in [0, 0.1) is 5.92 Å². The van der Waals surface area contributed by atoms with Crippen molar-refractivity contribution in [3.8, 4) is 0 Å². The van der Waals surface area contributed by atoms with Crippen LogP contribution in [0.15, 0.2) is 35.2 Å². The van der Waals surface area contributed by atoms with E-state index in [1.54, 1.807) is 37.3 Å². The summed E-state index contributed by atoms with van der Waals surface area (Å²) in [5.41, 5.74) is 0. The lowest BCUT2D eigenvalue weighted by atomic mass is 9.98. The molecule has 1 aromatic carbocycles. The van der Waals surface area contributed by atoms with Gasteiger partial charge in [0.2, 0.25) is 15.9 Å². The molecule has 0 radical (unpaired) electrons. The lowest BCUT2D eigenvalue weighted by Crippen LogP contribution is -2.46. The maximum absolute atomic E-state index is 12.7. The molecule has 8 heteroatoms. The lowest BCUT2D eigenvalue weighted by molar-refractivity contribution is -0.149. The Morgan fingerprint density at radius 1 is 1.28 bits per heavy atom. The zero-order valence-corrected chi connectivity index (χ0v) is 15.4. The van der Waals surface area contributed by atoms with Crippen molar-refractivity contribution in [2.45, 2.75) is 24.7 Å². The Labute approximate surface area is 148 Å². The Hall–Kier alpha value is -1.93. The second kappa shape index (κ2) is 8.44. The number of hydrogen-bond acceptors (Lipinski definition) is 5. The van der Waals surface area contributed by atoms with Crippen LogP contribution in [-0.4, -0.2) is 62.8 Å². The van der Waals surface area contributed by atoms with Gasteiger partial charge in [-0.1, -0.05) is 18.2 Å². The van der Waals surface area contributed by atoms with Crippen molar-refractivity contribution in [3.63, 3.8) is 0 Å². The van der Waals surface area contributed by atoms with Crippen LogP contribution in [0.5, 0.6) is 0 Å². The Balaban J connectivity index is 2.05. The fourth-order valence-corrected chi connectivity index (χ4v) is 4.44. The summed E-state index contributed by atoms with van der Waals surface area (Å²) in [5.74, 6) is -1.16. The van der Waals surface area contributed by atoms with E-state index in [4.69, 9.17) is 4.74 Å². The molecule has 1 aliphatic rings. The Morgan fingerprint density at radius 2 is 1.96 bits per heavy atom. The average molecular weight is 368 g/mol. The minimum Gasteiger partial charge on any atom is -0.465 e. The second-order valence-electron chi connectivity index (χ2n) is 6.01. The molecule has 0 saturated carbocycles. The highest BCUT2D eigenvalue weighted by molar-refractivity contribution is 7.89. The maximum atomic E-state index is 12.7. The summed E-state index contributed by atoms with van der Waals surface area (Å²) in [4.78, 5) is 25.6. The molecule has 1 aliphatic heterocycles. The third-order valence-corrected chi connectivity index (χ3v) is 6.04. The number of sulfonamides is 1. The van der Waals surface area contributed by atoms with Gasteiger partial charge in [0.05, 0.1) is 17.4 Å². The number of amides is 1. The highest BCUT2D eigenvalue weighted by Crippen LogP contribution is 2.24. The second-order valence-corrected chi connectivity index (χ2v) is 7.95. The van der Waals surface area contributed by atoms with Crippen molar-refractivity contribution in [1.82, 2.24) is 9.21 Å². The molecule has 0 aliphatic carbocycles. The first-order valence-electron chi connectivity index (χ1n) is 8.32. The monoisotopic (exact) mass is 368 g/mol. The van der Waals surface area contributed by atoms with Crippen LogP contribution in [0.25, 0.3) is 0 Å². The quantitative estimate of drug-likeness (QED) is 0.703. The van der Waals surface area contributed by atoms with E-state index in [0.29, 0.717) is 19.4 Å². The number of carbonyl (C=O) groups is 2. The van der Waals surface area contributed by atoms with Crippen LogP contribution in [-0.2, 0) is 24.3 Å². The molecule has 7 nitrogen and oxygen atoms in total. The van der Waals surface area contributed by atoms with Gasteiger partial charge in [-0.15, -0.1) is 0 Å². The van der Waals surface area contributed by atoms with E-state index in [0.717, 1.165) is 0 Å². The third-order valence-electron chi connectivity index (χ3n) is 4.16. The van der Waals surface area contributed by atoms with Crippen molar-refractivity contribution in [2.24, 2.45) is 5.92 Å². The molecule has 25 heavy (non-hydrogen) atoms. The van der Waals surface area contributed by atoms with Crippen LogP contribution in [0.3, 0.4) is 0 Å². The normalized spacial score (nSPS) is 18.6. The summed E-state index contributed by atoms with van der Waals surface area (Å²) < 4.78 is 31.6. The third kappa shape index (κ3) is 4.79. The van der Waals surface area contributed by atoms with Crippen molar-refractivity contribution < 1.29 is 22.7 Å². The molecular formula is C17H24N2O5S. The van der Waals surface area contributed by atoms with Gasteiger partial charge in [0.15, 0.2) is 0 Å². The topological polar surface area (TPSA) is 84.0 Å². The van der Waals surface area contributed by atoms with Crippen molar-refractivity contribution in [2.75, 3.05) is 33.3 Å². The van der Waals surface area contributed by atoms with E-state index >= 15 is 0 Å². The Bertz CT molecular complexity index is 705. The molecule has 2 rings (SSSR count). The number of nitrogens with zero attached hydrogens (tertiary/aromatic N) is 2. The molecule has 1 fully saturated rings.